The number of carbonyl (C=O) groups is 2. The number of carbonyl (C=O) groups excluding carboxylic acids is 2. The summed E-state index contributed by atoms with van der Waals surface area (Å²) in [6.07, 6.45) is 2.86. The molecule has 0 aliphatic carbocycles. The molecule has 1 saturated heterocycles. The number of Topliss-reactive ketones (excluding diaryl/α,β-unsaturated/α-hetero) is 1. The number of methoxy groups -OCH3 is 1. The molecule has 3 aromatic carbocycles. The van der Waals surface area contributed by atoms with Crippen LogP contribution in [0, 0.1) is 13.8 Å². The highest BCUT2D eigenvalue weighted by Gasteiger charge is 2.54. The monoisotopic (exact) mass is 602 g/mol. The van der Waals surface area contributed by atoms with Crippen molar-refractivity contribution in [1.82, 2.24) is 9.47 Å². The van der Waals surface area contributed by atoms with E-state index in [2.05, 4.69) is 69.1 Å². The Morgan fingerprint density at radius 3 is 2.48 bits per heavy atom. The van der Waals surface area contributed by atoms with Gasteiger partial charge in [-0.1, -0.05) is 25.1 Å². The fourth-order valence-electron chi connectivity index (χ4n) is 6.57. The first-order valence-corrected chi connectivity index (χ1v) is 13.5. The van der Waals surface area contributed by atoms with Gasteiger partial charge in [0.05, 0.1) is 7.11 Å². The zero-order chi connectivity index (χ0) is 27.5. The lowest BCUT2D eigenvalue weighted by molar-refractivity contribution is -0.657. The van der Waals surface area contributed by atoms with Gasteiger partial charge in [0.25, 0.3) is 5.91 Å². The summed E-state index contributed by atoms with van der Waals surface area (Å²) in [5, 5.41) is 0. The van der Waals surface area contributed by atoms with E-state index in [0.717, 1.165) is 40.9 Å². The quantitative estimate of drug-likeness (QED) is 0.247. The van der Waals surface area contributed by atoms with E-state index in [1.54, 1.807) is 31.4 Å². The van der Waals surface area contributed by atoms with E-state index in [4.69, 9.17) is 4.74 Å². The Morgan fingerprint density at radius 2 is 1.75 bits per heavy atom. The molecule has 4 aromatic rings. The van der Waals surface area contributed by atoms with Gasteiger partial charge < -0.3 is 31.5 Å². The molecule has 7 nitrogen and oxygen atoms in total. The van der Waals surface area contributed by atoms with Gasteiger partial charge in [0, 0.05) is 30.3 Å². The number of likely N-dealkylation sites (tertiary alicyclic amines) is 1. The third-order valence-corrected chi connectivity index (χ3v) is 8.84. The number of halogens is 1. The lowest BCUT2D eigenvalue weighted by Crippen LogP contribution is -3.00. The van der Waals surface area contributed by atoms with E-state index < -0.39 is 0 Å². The lowest BCUT2D eigenvalue weighted by Gasteiger charge is -2.34. The number of likely N-dealkylation sites (N-methyl/N-ethyl adjacent to an activating group) is 1. The van der Waals surface area contributed by atoms with Crippen LogP contribution < -0.4 is 31.2 Å². The van der Waals surface area contributed by atoms with E-state index in [0.29, 0.717) is 5.56 Å². The minimum absolute atomic E-state index is 0. The molecule has 0 bridgehead atoms. The normalized spacial score (nSPS) is 19.4. The van der Waals surface area contributed by atoms with E-state index >= 15 is 0 Å². The van der Waals surface area contributed by atoms with Gasteiger partial charge in [-0.05, 0) is 79.4 Å². The number of amides is 1. The number of nitrogens with zero attached hydrogens (tertiary/aromatic N) is 4. The van der Waals surface area contributed by atoms with E-state index in [1.807, 2.05) is 20.4 Å². The number of rotatable bonds is 6. The molecule has 2 aliphatic heterocycles. The maximum absolute atomic E-state index is 13.9. The van der Waals surface area contributed by atoms with Gasteiger partial charge in [-0.15, -0.1) is 0 Å². The molecule has 2 aliphatic rings. The Labute approximate surface area is 245 Å². The summed E-state index contributed by atoms with van der Waals surface area (Å²) in [7, 11) is 3.70. The van der Waals surface area contributed by atoms with Crippen LogP contribution in [0.3, 0.4) is 0 Å². The van der Waals surface area contributed by atoms with Crippen molar-refractivity contribution in [2.45, 2.75) is 51.9 Å². The highest BCUT2D eigenvalue weighted by atomic mass is 79.9. The van der Waals surface area contributed by atoms with Gasteiger partial charge in [0.1, 0.15) is 11.9 Å². The summed E-state index contributed by atoms with van der Waals surface area (Å²) >= 11 is 0. The second-order valence-corrected chi connectivity index (χ2v) is 11.2. The Morgan fingerprint density at radius 1 is 1.05 bits per heavy atom. The maximum Gasteiger partial charge on any atom is 0.266 e. The van der Waals surface area contributed by atoms with E-state index in [-0.39, 0.29) is 53.3 Å². The molecule has 0 saturated carbocycles. The highest BCUT2D eigenvalue weighted by molar-refractivity contribution is 5.95. The van der Waals surface area contributed by atoms with Crippen LogP contribution in [-0.4, -0.2) is 48.0 Å². The number of ketones is 1. The zero-order valence-electron chi connectivity index (χ0n) is 23.6. The van der Waals surface area contributed by atoms with Crippen LogP contribution in [0.1, 0.15) is 40.4 Å². The average molecular weight is 604 g/mol. The summed E-state index contributed by atoms with van der Waals surface area (Å²) in [6.45, 7) is 7.58. The molecular formula is C32H35BrN4O3. The van der Waals surface area contributed by atoms with Crippen LogP contribution in [0.15, 0.2) is 67.0 Å². The van der Waals surface area contributed by atoms with Crippen molar-refractivity contribution in [3.05, 3.63) is 89.2 Å². The minimum Gasteiger partial charge on any atom is -1.00 e. The molecule has 2 atom stereocenters. The molecule has 0 N–H and O–H groups in total. The second kappa shape index (κ2) is 10.4. The molecular weight excluding hydrogens is 568 g/mol. The molecule has 1 fully saturated rings. The number of ether oxygens (including phenoxy) is 1. The SMILES string of the molecule is COc1ccc(C(=O)C[n+]2cn(CC(=O)N3CCC4(C)c5ccccc5N(C)C34)c3cc(C)c(C)cc32)cc1.[Br-]. The Bertz CT molecular complexity index is 1610. The summed E-state index contributed by atoms with van der Waals surface area (Å²) in [6, 6.07) is 19.9. The van der Waals surface area contributed by atoms with Gasteiger partial charge in [-0.25, -0.2) is 9.13 Å². The van der Waals surface area contributed by atoms with Crippen molar-refractivity contribution in [1.29, 1.82) is 0 Å². The predicted molar refractivity (Wildman–Crippen MR) is 151 cm³/mol. The number of hydrogen-bond donors (Lipinski definition) is 0. The molecule has 40 heavy (non-hydrogen) atoms. The van der Waals surface area contributed by atoms with Gasteiger partial charge in [-0.3, -0.25) is 9.59 Å². The van der Waals surface area contributed by atoms with E-state index in [9.17, 15) is 9.59 Å². The maximum atomic E-state index is 13.9. The fourth-order valence-corrected chi connectivity index (χ4v) is 6.57. The van der Waals surface area contributed by atoms with Crippen LogP contribution >= 0.6 is 0 Å². The third kappa shape index (κ3) is 4.38. The van der Waals surface area contributed by atoms with Gasteiger partial charge in [-0.2, -0.15) is 0 Å². The van der Waals surface area contributed by atoms with E-state index in [1.165, 1.54) is 11.3 Å². The Hall–Kier alpha value is -3.65. The smallest absolute Gasteiger partial charge is 0.266 e. The van der Waals surface area contributed by atoms with Crippen LogP contribution in [0.4, 0.5) is 5.69 Å². The Balaban J connectivity index is 0.00000323. The predicted octanol–water partition coefficient (Wildman–Crippen LogP) is 1.41. The number of benzene rings is 3. The molecule has 0 spiro atoms. The van der Waals surface area contributed by atoms with Crippen molar-refractivity contribution >= 4 is 28.4 Å². The van der Waals surface area contributed by atoms with Gasteiger partial charge in [0.2, 0.25) is 12.1 Å². The van der Waals surface area contributed by atoms with Crippen molar-refractivity contribution in [2.24, 2.45) is 0 Å². The zero-order valence-corrected chi connectivity index (χ0v) is 25.2. The number of para-hydroxylation sites is 1. The third-order valence-electron chi connectivity index (χ3n) is 8.84. The lowest BCUT2D eigenvalue weighted by atomic mass is 9.81. The fraction of sp³-hybridized carbons (Fsp3) is 0.344. The van der Waals surface area contributed by atoms with Crippen LogP contribution in [0.5, 0.6) is 5.75 Å². The Kier molecular flexibility index (Phi) is 7.25. The molecule has 1 amide bonds. The summed E-state index contributed by atoms with van der Waals surface area (Å²) in [5.41, 5.74) is 7.28. The van der Waals surface area contributed by atoms with Crippen molar-refractivity contribution < 1.29 is 35.9 Å². The van der Waals surface area contributed by atoms with Gasteiger partial charge in [0.15, 0.2) is 24.1 Å². The van der Waals surface area contributed by atoms with Crippen molar-refractivity contribution in [2.75, 3.05) is 25.6 Å². The van der Waals surface area contributed by atoms with Crippen LogP contribution in [0.25, 0.3) is 11.0 Å². The largest absolute Gasteiger partial charge is 1.00 e. The molecule has 0 radical (unpaired) electrons. The molecule has 3 heterocycles. The van der Waals surface area contributed by atoms with Crippen molar-refractivity contribution in [3.63, 3.8) is 0 Å². The first-order valence-electron chi connectivity index (χ1n) is 13.5. The number of fused-ring (bicyclic) bond motifs is 4. The number of anilines is 1. The topological polar surface area (TPSA) is 58.7 Å². The number of hydrogen-bond acceptors (Lipinski definition) is 4. The summed E-state index contributed by atoms with van der Waals surface area (Å²) < 4.78 is 9.20. The van der Waals surface area contributed by atoms with Crippen molar-refractivity contribution in [3.8, 4) is 5.75 Å². The average Bonchev–Trinajstić information content (AvgIpc) is 3.52. The first kappa shape index (κ1) is 27.9. The summed E-state index contributed by atoms with van der Waals surface area (Å²) in [5.74, 6) is 0.813. The summed E-state index contributed by atoms with van der Waals surface area (Å²) in [4.78, 5) is 31.4. The molecule has 2 unspecified atom stereocenters. The molecule has 8 heteroatoms. The number of aryl methyl sites for hydroxylation is 2. The number of imidazole rings is 1. The van der Waals surface area contributed by atoms with Crippen LogP contribution in [-0.2, 0) is 23.3 Å². The van der Waals surface area contributed by atoms with Gasteiger partial charge >= 0.3 is 0 Å². The number of aromatic nitrogens is 2. The standard InChI is InChI=1S/C32H35N4O3.BrH/c1-21-16-27-28(17-22(21)2)35(20-34(27)18-29(37)23-10-12-24(39-5)13-11-23)19-30(38)36-15-14-32(3)25-8-6-7-9-26(25)33(4)31(32)36;/h6-13,16-17,20,31H,14-15,18-19H2,1-5H3;1H/q+1;/p-1. The first-order chi connectivity index (χ1) is 18.7. The highest BCUT2D eigenvalue weighted by Crippen LogP contribution is 2.51. The molecule has 208 valence electrons. The van der Waals surface area contributed by atoms with Crippen LogP contribution in [0.2, 0.25) is 0 Å². The minimum atomic E-state index is -0.0852. The molecule has 6 rings (SSSR count). The molecule has 1 aromatic heterocycles. The second-order valence-electron chi connectivity index (χ2n) is 11.2.